The SMILES string of the molecule is CCCCCCCCCCCCC=COC=C1NCCN1CCN1CCNC1=COC=CCCCCCCCCCCCC. The summed E-state index contributed by atoms with van der Waals surface area (Å²) in [6.07, 6.45) is 41.5. The maximum absolute atomic E-state index is 5.75. The van der Waals surface area contributed by atoms with Gasteiger partial charge >= 0.3 is 0 Å². The molecule has 6 nitrogen and oxygen atoms in total. The Labute approximate surface area is 272 Å². The largest absolute Gasteiger partial charge is 0.469 e. The molecule has 0 spiro atoms. The summed E-state index contributed by atoms with van der Waals surface area (Å²) in [6, 6.07) is 0. The first-order valence-corrected chi connectivity index (χ1v) is 18.8. The molecule has 2 fully saturated rings. The first kappa shape index (κ1) is 37.9. The second-order valence-corrected chi connectivity index (χ2v) is 12.8. The van der Waals surface area contributed by atoms with Gasteiger partial charge in [0.15, 0.2) is 0 Å². The van der Waals surface area contributed by atoms with Gasteiger partial charge in [-0.2, -0.15) is 0 Å². The van der Waals surface area contributed by atoms with Crippen molar-refractivity contribution in [2.75, 3.05) is 39.3 Å². The standard InChI is InChI=1S/C38H70N4O2/c1-3-5-7-9-11-13-15-17-19-21-23-25-33-43-35-37-39-27-29-41(37)31-32-42-30-28-40-38(42)36-44-34-26-24-22-20-18-16-14-12-10-8-6-4-2/h25-26,33-36,39-40H,3-24,27-32H2,1-2H3. The molecule has 6 heteroatoms. The van der Waals surface area contributed by atoms with Crippen LogP contribution >= 0.6 is 0 Å². The number of nitrogens with one attached hydrogen (secondary N) is 2. The summed E-state index contributed by atoms with van der Waals surface area (Å²) in [4.78, 5) is 4.75. The average molecular weight is 615 g/mol. The molecular weight excluding hydrogens is 544 g/mol. The maximum Gasteiger partial charge on any atom is 0.138 e. The zero-order valence-electron chi connectivity index (χ0n) is 29.0. The minimum atomic E-state index is 0.956. The van der Waals surface area contributed by atoms with Crippen LogP contribution in [0.5, 0.6) is 0 Å². The van der Waals surface area contributed by atoms with Crippen LogP contribution < -0.4 is 10.6 Å². The van der Waals surface area contributed by atoms with E-state index in [0.29, 0.717) is 0 Å². The van der Waals surface area contributed by atoms with Crippen molar-refractivity contribution in [2.24, 2.45) is 0 Å². The Kier molecular flexibility index (Phi) is 24.4. The highest BCUT2D eigenvalue weighted by Gasteiger charge is 2.21. The molecule has 0 aromatic heterocycles. The van der Waals surface area contributed by atoms with Crippen molar-refractivity contribution < 1.29 is 9.47 Å². The molecule has 2 saturated heterocycles. The molecule has 2 aliphatic rings. The van der Waals surface area contributed by atoms with Crippen molar-refractivity contribution in [1.29, 1.82) is 0 Å². The molecule has 0 atom stereocenters. The average Bonchev–Trinajstić information content (AvgIpc) is 3.69. The number of unbranched alkanes of at least 4 members (excludes halogenated alkanes) is 20. The lowest BCUT2D eigenvalue weighted by molar-refractivity contribution is 0.287. The third-order valence-corrected chi connectivity index (χ3v) is 8.85. The van der Waals surface area contributed by atoms with E-state index in [9.17, 15) is 0 Å². The summed E-state index contributed by atoms with van der Waals surface area (Å²) >= 11 is 0. The number of ether oxygens (including phenoxy) is 2. The van der Waals surface area contributed by atoms with Gasteiger partial charge < -0.3 is 29.9 Å². The summed E-state index contributed by atoms with van der Waals surface area (Å²) in [5, 5.41) is 6.93. The fourth-order valence-corrected chi connectivity index (χ4v) is 5.99. The quantitative estimate of drug-likeness (QED) is 0.0646. The number of rotatable bonds is 29. The van der Waals surface area contributed by atoms with Gasteiger partial charge in [0.2, 0.25) is 0 Å². The Morgan fingerprint density at radius 2 is 0.841 bits per heavy atom. The van der Waals surface area contributed by atoms with E-state index >= 15 is 0 Å². The monoisotopic (exact) mass is 615 g/mol. The van der Waals surface area contributed by atoms with Crippen molar-refractivity contribution in [2.45, 2.75) is 155 Å². The molecule has 0 unspecified atom stereocenters. The van der Waals surface area contributed by atoms with E-state index in [4.69, 9.17) is 9.47 Å². The molecule has 0 aliphatic carbocycles. The lowest BCUT2D eigenvalue weighted by Gasteiger charge is -2.24. The summed E-state index contributed by atoms with van der Waals surface area (Å²) in [6.45, 7) is 10.4. The van der Waals surface area contributed by atoms with Crippen molar-refractivity contribution in [3.05, 3.63) is 48.8 Å². The summed E-state index contributed by atoms with van der Waals surface area (Å²) in [5.74, 6) is 2.16. The van der Waals surface area contributed by atoms with Crippen LogP contribution in [-0.4, -0.2) is 49.1 Å². The fraction of sp³-hybridized carbons (Fsp3) is 0.789. The van der Waals surface area contributed by atoms with E-state index in [0.717, 1.165) is 63.8 Å². The van der Waals surface area contributed by atoms with Crippen LogP contribution in [0.3, 0.4) is 0 Å². The summed E-state index contributed by atoms with van der Waals surface area (Å²) in [7, 11) is 0. The van der Waals surface area contributed by atoms with Gasteiger partial charge in [0.1, 0.15) is 24.2 Å². The van der Waals surface area contributed by atoms with Crippen LogP contribution in [-0.2, 0) is 9.47 Å². The van der Waals surface area contributed by atoms with Gasteiger partial charge in [0.05, 0.1) is 12.5 Å². The van der Waals surface area contributed by atoms with Crippen molar-refractivity contribution in [3.63, 3.8) is 0 Å². The molecule has 2 N–H and O–H groups in total. The molecule has 2 aliphatic heterocycles. The molecule has 2 heterocycles. The van der Waals surface area contributed by atoms with Gasteiger partial charge in [0, 0.05) is 39.3 Å². The number of hydrogen-bond acceptors (Lipinski definition) is 6. The van der Waals surface area contributed by atoms with Crippen molar-refractivity contribution >= 4 is 0 Å². The summed E-state index contributed by atoms with van der Waals surface area (Å²) < 4.78 is 11.5. The molecule has 2 rings (SSSR count). The van der Waals surface area contributed by atoms with E-state index < -0.39 is 0 Å². The second-order valence-electron chi connectivity index (χ2n) is 12.8. The number of hydrogen-bond donors (Lipinski definition) is 2. The molecule has 0 aromatic carbocycles. The molecule has 0 bridgehead atoms. The molecule has 0 amide bonds. The third kappa shape index (κ3) is 19.9. The first-order chi connectivity index (χ1) is 21.8. The van der Waals surface area contributed by atoms with Gasteiger partial charge in [-0.1, -0.05) is 129 Å². The third-order valence-electron chi connectivity index (χ3n) is 8.85. The maximum atomic E-state index is 5.75. The van der Waals surface area contributed by atoms with Crippen LogP contribution in [0.25, 0.3) is 0 Å². The van der Waals surface area contributed by atoms with Gasteiger partial charge in [-0.05, 0) is 37.8 Å². The van der Waals surface area contributed by atoms with Gasteiger partial charge in [-0.3, -0.25) is 0 Å². The zero-order chi connectivity index (χ0) is 31.2. The lowest BCUT2D eigenvalue weighted by Crippen LogP contribution is -2.32. The van der Waals surface area contributed by atoms with Gasteiger partial charge in [-0.15, -0.1) is 0 Å². The van der Waals surface area contributed by atoms with Gasteiger partial charge in [0.25, 0.3) is 0 Å². The van der Waals surface area contributed by atoms with E-state index in [1.807, 2.05) is 25.0 Å². The van der Waals surface area contributed by atoms with Crippen LogP contribution in [0.15, 0.2) is 48.8 Å². The first-order valence-electron chi connectivity index (χ1n) is 18.8. The highest BCUT2D eigenvalue weighted by Crippen LogP contribution is 2.14. The van der Waals surface area contributed by atoms with Crippen LogP contribution in [0.1, 0.15) is 155 Å². The fourth-order valence-electron chi connectivity index (χ4n) is 5.99. The Morgan fingerprint density at radius 3 is 1.20 bits per heavy atom. The molecule has 0 aromatic rings. The Bertz CT molecular complexity index is 715. The Morgan fingerprint density at radius 1 is 0.500 bits per heavy atom. The number of allylic oxidation sites excluding steroid dienone is 2. The smallest absolute Gasteiger partial charge is 0.138 e. The minimum absolute atomic E-state index is 0.956. The zero-order valence-corrected chi connectivity index (χ0v) is 29.0. The Balaban J connectivity index is 1.49. The van der Waals surface area contributed by atoms with Crippen LogP contribution in [0.4, 0.5) is 0 Å². The molecule has 254 valence electrons. The minimum Gasteiger partial charge on any atom is -0.469 e. The normalized spacial score (nSPS) is 17.0. The summed E-state index contributed by atoms with van der Waals surface area (Å²) in [5.41, 5.74) is 0. The van der Waals surface area contributed by atoms with Gasteiger partial charge in [-0.25, -0.2) is 0 Å². The lowest BCUT2D eigenvalue weighted by atomic mass is 10.1. The van der Waals surface area contributed by atoms with Crippen LogP contribution in [0, 0.1) is 0 Å². The van der Waals surface area contributed by atoms with E-state index in [1.165, 1.54) is 128 Å². The molecule has 0 saturated carbocycles. The predicted molar refractivity (Wildman–Crippen MR) is 189 cm³/mol. The highest BCUT2D eigenvalue weighted by atomic mass is 16.5. The second kappa shape index (κ2) is 28.2. The van der Waals surface area contributed by atoms with E-state index in [1.54, 1.807) is 0 Å². The number of nitrogens with zero attached hydrogens (tertiary/aromatic N) is 2. The Hall–Kier alpha value is -2.24. The van der Waals surface area contributed by atoms with Crippen molar-refractivity contribution in [3.8, 4) is 0 Å². The van der Waals surface area contributed by atoms with E-state index in [-0.39, 0.29) is 0 Å². The topological polar surface area (TPSA) is 49.0 Å². The predicted octanol–water partition coefficient (Wildman–Crippen LogP) is 10.1. The highest BCUT2D eigenvalue weighted by molar-refractivity contribution is 5.04. The molecule has 44 heavy (non-hydrogen) atoms. The van der Waals surface area contributed by atoms with Crippen LogP contribution in [0.2, 0.25) is 0 Å². The van der Waals surface area contributed by atoms with E-state index in [2.05, 4.69) is 46.4 Å². The molecular formula is C38H70N4O2. The van der Waals surface area contributed by atoms with Crippen molar-refractivity contribution in [1.82, 2.24) is 20.4 Å². The molecule has 0 radical (unpaired) electrons.